The number of nitrogen functional groups attached to an aromatic ring is 1. The van der Waals surface area contributed by atoms with E-state index in [-0.39, 0.29) is 11.4 Å². The lowest BCUT2D eigenvalue weighted by atomic mass is 10.0. The van der Waals surface area contributed by atoms with E-state index in [1.807, 2.05) is 0 Å². The number of aromatic nitrogens is 1. The molecular weight excluding hydrogens is 255 g/mol. The number of pyridine rings is 1. The van der Waals surface area contributed by atoms with Gasteiger partial charge in [-0.15, -0.1) is 0 Å². The van der Waals surface area contributed by atoms with Crippen LogP contribution >= 0.6 is 11.6 Å². The molecule has 3 nitrogen and oxygen atoms in total. The number of halogens is 2. The van der Waals surface area contributed by atoms with Crippen molar-refractivity contribution in [3.8, 4) is 0 Å². The fourth-order valence-electron chi connectivity index (χ4n) is 1.71. The van der Waals surface area contributed by atoms with Gasteiger partial charge in [-0.3, -0.25) is 0 Å². The second-order valence-electron chi connectivity index (χ2n) is 3.93. The molecule has 1 heterocycles. The summed E-state index contributed by atoms with van der Waals surface area (Å²) in [5.74, 6) is -0.0633. The summed E-state index contributed by atoms with van der Waals surface area (Å²) in [6, 6.07) is 7.42. The third-order valence-electron chi connectivity index (χ3n) is 2.66. The van der Waals surface area contributed by atoms with E-state index >= 15 is 0 Å². The molecule has 94 valence electrons. The van der Waals surface area contributed by atoms with Crippen molar-refractivity contribution < 1.29 is 9.50 Å². The van der Waals surface area contributed by atoms with E-state index < -0.39 is 11.9 Å². The average molecular weight is 267 g/mol. The Hall–Kier alpha value is -1.65. The Bertz CT molecular complexity index is 562. The van der Waals surface area contributed by atoms with E-state index in [1.54, 1.807) is 18.3 Å². The van der Waals surface area contributed by atoms with Crippen LogP contribution in [-0.2, 0) is 6.42 Å². The number of hydrogen-bond donors (Lipinski definition) is 2. The fourth-order valence-corrected chi connectivity index (χ4v) is 2.01. The van der Waals surface area contributed by atoms with Gasteiger partial charge in [-0.2, -0.15) is 0 Å². The van der Waals surface area contributed by atoms with E-state index in [0.717, 1.165) is 5.56 Å². The quantitative estimate of drug-likeness (QED) is 0.898. The molecule has 1 unspecified atom stereocenters. The molecule has 0 spiro atoms. The van der Waals surface area contributed by atoms with Crippen molar-refractivity contribution in [2.45, 2.75) is 12.5 Å². The fraction of sp³-hybridized carbons (Fsp3) is 0.154. The average Bonchev–Trinajstić information content (AvgIpc) is 2.32. The topological polar surface area (TPSA) is 59.1 Å². The van der Waals surface area contributed by atoms with Gasteiger partial charge in [0.25, 0.3) is 0 Å². The zero-order valence-electron chi connectivity index (χ0n) is 9.48. The van der Waals surface area contributed by atoms with Crippen LogP contribution in [0.2, 0.25) is 5.02 Å². The molecule has 2 aromatic rings. The van der Waals surface area contributed by atoms with Gasteiger partial charge in [0.05, 0.1) is 6.10 Å². The van der Waals surface area contributed by atoms with Gasteiger partial charge in [0.15, 0.2) is 0 Å². The van der Waals surface area contributed by atoms with Crippen molar-refractivity contribution in [2.24, 2.45) is 0 Å². The summed E-state index contributed by atoms with van der Waals surface area (Å²) in [5, 5.41) is 10.3. The first kappa shape index (κ1) is 12.8. The summed E-state index contributed by atoms with van der Waals surface area (Å²) in [5.41, 5.74) is 6.89. The highest BCUT2D eigenvalue weighted by molar-refractivity contribution is 6.31. The number of nitrogens with zero attached hydrogens (tertiary/aromatic N) is 1. The Morgan fingerprint density at radius 3 is 2.83 bits per heavy atom. The van der Waals surface area contributed by atoms with Crippen molar-refractivity contribution in [3.63, 3.8) is 0 Å². The molecule has 0 aliphatic heterocycles. The molecule has 0 radical (unpaired) electrons. The number of anilines is 1. The van der Waals surface area contributed by atoms with Crippen LogP contribution in [0.4, 0.5) is 10.2 Å². The molecule has 0 aliphatic carbocycles. The summed E-state index contributed by atoms with van der Waals surface area (Å²) in [7, 11) is 0. The third kappa shape index (κ3) is 2.78. The monoisotopic (exact) mass is 266 g/mol. The zero-order chi connectivity index (χ0) is 13.1. The predicted molar refractivity (Wildman–Crippen MR) is 68.7 cm³/mol. The molecule has 3 N–H and O–H groups in total. The van der Waals surface area contributed by atoms with Crippen LogP contribution in [0.3, 0.4) is 0 Å². The minimum Gasteiger partial charge on any atom is -0.388 e. The Morgan fingerprint density at radius 2 is 2.17 bits per heavy atom. The molecule has 1 aromatic carbocycles. The van der Waals surface area contributed by atoms with Crippen LogP contribution in [0.25, 0.3) is 0 Å². The normalized spacial score (nSPS) is 12.4. The van der Waals surface area contributed by atoms with Gasteiger partial charge in [0.2, 0.25) is 0 Å². The van der Waals surface area contributed by atoms with Crippen LogP contribution in [0, 0.1) is 5.82 Å². The first-order chi connectivity index (χ1) is 8.58. The van der Waals surface area contributed by atoms with Crippen LogP contribution in [0.15, 0.2) is 36.5 Å². The van der Waals surface area contributed by atoms with E-state index in [1.165, 1.54) is 18.2 Å². The minimum absolute atomic E-state index is 0.199. The summed E-state index contributed by atoms with van der Waals surface area (Å²) >= 11 is 5.88. The third-order valence-corrected chi connectivity index (χ3v) is 2.99. The SMILES string of the molecule is Nc1ncccc1CC(O)c1ccc(F)cc1Cl. The Labute approximate surface area is 109 Å². The summed E-state index contributed by atoms with van der Waals surface area (Å²) in [4.78, 5) is 3.94. The number of rotatable bonds is 3. The highest BCUT2D eigenvalue weighted by atomic mass is 35.5. The van der Waals surface area contributed by atoms with Crippen molar-refractivity contribution >= 4 is 17.4 Å². The molecule has 0 fully saturated rings. The van der Waals surface area contributed by atoms with Crippen molar-refractivity contribution in [3.05, 3.63) is 58.5 Å². The molecule has 0 amide bonds. The number of aliphatic hydroxyl groups excluding tert-OH is 1. The van der Waals surface area contributed by atoms with Crippen molar-refractivity contribution in [1.82, 2.24) is 4.98 Å². The van der Waals surface area contributed by atoms with Gasteiger partial charge >= 0.3 is 0 Å². The van der Waals surface area contributed by atoms with Crippen LogP contribution in [0.1, 0.15) is 17.2 Å². The van der Waals surface area contributed by atoms with Gasteiger partial charge in [0, 0.05) is 17.6 Å². The van der Waals surface area contributed by atoms with Gasteiger partial charge in [0.1, 0.15) is 11.6 Å². The van der Waals surface area contributed by atoms with Crippen LogP contribution < -0.4 is 5.73 Å². The van der Waals surface area contributed by atoms with Gasteiger partial charge in [-0.05, 0) is 29.3 Å². The van der Waals surface area contributed by atoms with E-state index in [4.69, 9.17) is 17.3 Å². The van der Waals surface area contributed by atoms with Crippen molar-refractivity contribution in [1.29, 1.82) is 0 Å². The summed E-state index contributed by atoms with van der Waals surface area (Å²) in [6.07, 6.45) is 1.02. The Balaban J connectivity index is 2.22. The highest BCUT2D eigenvalue weighted by Gasteiger charge is 2.14. The Kier molecular flexibility index (Phi) is 3.79. The second kappa shape index (κ2) is 5.33. The van der Waals surface area contributed by atoms with Gasteiger partial charge in [-0.25, -0.2) is 9.37 Å². The molecule has 2 rings (SSSR count). The number of benzene rings is 1. The van der Waals surface area contributed by atoms with Gasteiger partial charge < -0.3 is 10.8 Å². The number of nitrogens with two attached hydrogens (primary N) is 1. The van der Waals surface area contributed by atoms with Crippen molar-refractivity contribution in [2.75, 3.05) is 5.73 Å². The van der Waals surface area contributed by atoms with Crippen LogP contribution in [0.5, 0.6) is 0 Å². The maximum atomic E-state index is 12.9. The lowest BCUT2D eigenvalue weighted by Crippen LogP contribution is -2.06. The molecule has 1 atom stereocenters. The maximum absolute atomic E-state index is 12.9. The largest absolute Gasteiger partial charge is 0.388 e. The second-order valence-corrected chi connectivity index (χ2v) is 4.34. The minimum atomic E-state index is -0.843. The maximum Gasteiger partial charge on any atom is 0.126 e. The highest BCUT2D eigenvalue weighted by Crippen LogP contribution is 2.27. The zero-order valence-corrected chi connectivity index (χ0v) is 10.2. The molecular formula is C13H12ClFN2O. The number of aliphatic hydroxyl groups is 1. The lowest BCUT2D eigenvalue weighted by Gasteiger charge is -2.13. The van der Waals surface area contributed by atoms with E-state index in [0.29, 0.717) is 11.4 Å². The first-order valence-corrected chi connectivity index (χ1v) is 5.78. The standard InChI is InChI=1S/C13H12ClFN2O/c14-11-7-9(15)3-4-10(11)12(18)6-8-2-1-5-17-13(8)16/h1-5,7,12,18H,6H2,(H2,16,17). The molecule has 18 heavy (non-hydrogen) atoms. The molecule has 0 bridgehead atoms. The van der Waals surface area contributed by atoms with E-state index in [2.05, 4.69) is 4.98 Å². The Morgan fingerprint density at radius 1 is 1.39 bits per heavy atom. The molecule has 1 aromatic heterocycles. The smallest absolute Gasteiger partial charge is 0.126 e. The molecule has 0 aliphatic rings. The first-order valence-electron chi connectivity index (χ1n) is 5.40. The van der Waals surface area contributed by atoms with Gasteiger partial charge in [-0.1, -0.05) is 23.7 Å². The number of hydrogen-bond acceptors (Lipinski definition) is 3. The molecule has 0 saturated carbocycles. The van der Waals surface area contributed by atoms with E-state index in [9.17, 15) is 9.50 Å². The lowest BCUT2D eigenvalue weighted by molar-refractivity contribution is 0.178. The molecule has 5 heteroatoms. The summed E-state index contributed by atoms with van der Waals surface area (Å²) < 4.78 is 12.9. The van der Waals surface area contributed by atoms with Crippen LogP contribution in [-0.4, -0.2) is 10.1 Å². The predicted octanol–water partition coefficient (Wildman–Crippen LogP) is 2.73. The summed E-state index contributed by atoms with van der Waals surface area (Å²) in [6.45, 7) is 0. The molecule has 0 saturated heterocycles.